The highest BCUT2D eigenvalue weighted by atomic mass is 16.3. The number of hydrogen-bond donors (Lipinski definition) is 1. The zero-order chi connectivity index (χ0) is 20.3. The van der Waals surface area contributed by atoms with E-state index < -0.39 is 30.0 Å². The number of β-lactam (4-membered cyclic amide) rings is 1. The van der Waals surface area contributed by atoms with Crippen molar-refractivity contribution in [2.24, 2.45) is 11.8 Å². The van der Waals surface area contributed by atoms with Gasteiger partial charge in [-0.1, -0.05) is 19.3 Å². The molecule has 7 heteroatoms. The van der Waals surface area contributed by atoms with Crippen molar-refractivity contribution in [2.75, 3.05) is 13.7 Å². The summed E-state index contributed by atoms with van der Waals surface area (Å²) in [5, 5.41) is 9.98. The third-order valence-corrected chi connectivity index (χ3v) is 6.62. The molecular formula is C21H29N3O4. The predicted octanol–water partition coefficient (Wildman–Crippen LogP) is 2.03. The largest absolute Gasteiger partial charge is 0.393 e. The number of nitrogens with zero attached hydrogens (tertiary/aromatic N) is 3. The Balaban J connectivity index is 1.77. The summed E-state index contributed by atoms with van der Waals surface area (Å²) < 4.78 is 0. The van der Waals surface area contributed by atoms with Crippen molar-refractivity contribution in [3.05, 3.63) is 30.1 Å². The van der Waals surface area contributed by atoms with E-state index in [9.17, 15) is 19.5 Å². The second-order valence-electron chi connectivity index (χ2n) is 8.09. The van der Waals surface area contributed by atoms with Gasteiger partial charge in [0.15, 0.2) is 0 Å². The molecular weight excluding hydrogens is 358 g/mol. The molecule has 2 aliphatic rings. The van der Waals surface area contributed by atoms with Gasteiger partial charge < -0.3 is 14.8 Å². The number of urea groups is 1. The zero-order valence-corrected chi connectivity index (χ0v) is 16.6. The van der Waals surface area contributed by atoms with E-state index in [1.54, 1.807) is 36.5 Å². The molecule has 2 fully saturated rings. The van der Waals surface area contributed by atoms with Crippen LogP contribution in [0.1, 0.15) is 44.6 Å². The van der Waals surface area contributed by atoms with Crippen LogP contribution in [0.2, 0.25) is 0 Å². The number of carbonyl (C=O) groups is 3. The number of rotatable bonds is 6. The fourth-order valence-electron chi connectivity index (χ4n) is 4.57. The molecule has 1 aromatic rings. The molecule has 1 saturated carbocycles. The lowest BCUT2D eigenvalue weighted by atomic mass is 9.71. The van der Waals surface area contributed by atoms with Crippen LogP contribution in [-0.4, -0.2) is 63.4 Å². The minimum Gasteiger partial charge on any atom is -0.393 e. The van der Waals surface area contributed by atoms with Gasteiger partial charge in [-0.2, -0.15) is 0 Å². The molecule has 1 N–H and O–H groups in total. The first-order valence-electron chi connectivity index (χ1n) is 10.0. The predicted molar refractivity (Wildman–Crippen MR) is 103 cm³/mol. The second kappa shape index (κ2) is 8.39. The number of carbonyl (C=O) groups excluding carboxylic acids is 3. The normalized spacial score (nSPS) is 26.5. The monoisotopic (exact) mass is 387 g/mol. The van der Waals surface area contributed by atoms with Crippen molar-refractivity contribution in [2.45, 2.75) is 57.0 Å². The zero-order valence-electron chi connectivity index (χ0n) is 16.6. The number of aldehydes is 1. The topological polar surface area (TPSA) is 90.8 Å². The van der Waals surface area contributed by atoms with Crippen LogP contribution in [0, 0.1) is 11.8 Å². The lowest BCUT2D eigenvalue weighted by Crippen LogP contribution is -2.77. The standard InChI is InChI=1S/C21H29N3O4/c1-15(17-6-4-3-5-7-17)23(2)20(28)24-19(27)18(21(24,13-25)14-26)12-16-8-10-22-11-9-16/h8-11,13,15,17-18,26H,3-7,12,14H2,1-2H3/t15-,18+,21?/m1/s1. The van der Waals surface area contributed by atoms with Gasteiger partial charge in [0.2, 0.25) is 5.91 Å². The molecule has 0 spiro atoms. The first-order valence-corrected chi connectivity index (χ1v) is 10.0. The molecule has 0 aromatic carbocycles. The molecule has 1 saturated heterocycles. The summed E-state index contributed by atoms with van der Waals surface area (Å²) in [7, 11) is 1.68. The van der Waals surface area contributed by atoms with Gasteiger partial charge in [0.25, 0.3) is 0 Å². The Bertz CT molecular complexity index is 720. The van der Waals surface area contributed by atoms with Gasteiger partial charge in [0.1, 0.15) is 11.8 Å². The van der Waals surface area contributed by atoms with Gasteiger partial charge in [-0.3, -0.25) is 9.78 Å². The molecule has 28 heavy (non-hydrogen) atoms. The van der Waals surface area contributed by atoms with E-state index in [1.807, 2.05) is 6.92 Å². The molecule has 3 amide bonds. The van der Waals surface area contributed by atoms with Gasteiger partial charge in [-0.05, 0) is 49.8 Å². The molecule has 0 radical (unpaired) electrons. The number of imide groups is 1. The Morgan fingerprint density at radius 3 is 2.57 bits per heavy atom. The maximum absolute atomic E-state index is 13.1. The number of aliphatic hydroxyl groups excluding tert-OH is 1. The summed E-state index contributed by atoms with van der Waals surface area (Å²) in [6.07, 6.45) is 9.73. The first kappa shape index (κ1) is 20.5. The smallest absolute Gasteiger partial charge is 0.327 e. The van der Waals surface area contributed by atoms with E-state index in [0.717, 1.165) is 36.1 Å². The van der Waals surface area contributed by atoms with Gasteiger partial charge in [-0.25, -0.2) is 9.69 Å². The van der Waals surface area contributed by atoms with E-state index in [-0.39, 0.29) is 12.5 Å². The third kappa shape index (κ3) is 3.43. The summed E-state index contributed by atoms with van der Waals surface area (Å²) >= 11 is 0. The number of pyridine rings is 1. The van der Waals surface area contributed by atoms with E-state index in [2.05, 4.69) is 4.98 Å². The number of hydrogen-bond acceptors (Lipinski definition) is 5. The molecule has 1 aliphatic heterocycles. The fourth-order valence-corrected chi connectivity index (χ4v) is 4.57. The van der Waals surface area contributed by atoms with Crippen LogP contribution < -0.4 is 0 Å². The molecule has 1 unspecified atom stereocenters. The summed E-state index contributed by atoms with van der Waals surface area (Å²) in [5.74, 6) is -0.767. The lowest BCUT2D eigenvalue weighted by Gasteiger charge is -2.53. The number of likely N-dealkylation sites (tertiary alicyclic amines) is 1. The Morgan fingerprint density at radius 2 is 2.00 bits per heavy atom. The summed E-state index contributed by atoms with van der Waals surface area (Å²) in [6, 6.07) is 3.00. The Labute approximate surface area is 165 Å². The highest BCUT2D eigenvalue weighted by Gasteiger charge is 2.63. The van der Waals surface area contributed by atoms with Crippen molar-refractivity contribution in [1.82, 2.24) is 14.8 Å². The van der Waals surface area contributed by atoms with Crippen LogP contribution in [-0.2, 0) is 16.0 Å². The SMILES string of the molecule is C[C@H](C1CCCCC1)N(C)C(=O)N1C(=O)[C@H](Cc2ccncc2)C1(C=O)CO. The molecule has 3 atom stereocenters. The van der Waals surface area contributed by atoms with Crippen molar-refractivity contribution in [3.8, 4) is 0 Å². The van der Waals surface area contributed by atoms with Crippen molar-refractivity contribution in [1.29, 1.82) is 0 Å². The third-order valence-electron chi connectivity index (χ3n) is 6.62. The maximum atomic E-state index is 13.1. The first-order chi connectivity index (χ1) is 13.5. The Hall–Kier alpha value is -2.28. The molecule has 1 aliphatic carbocycles. The van der Waals surface area contributed by atoms with Crippen LogP contribution in [0.4, 0.5) is 4.79 Å². The van der Waals surface area contributed by atoms with Gasteiger partial charge in [0, 0.05) is 25.5 Å². The highest BCUT2D eigenvalue weighted by molar-refractivity contribution is 6.08. The summed E-state index contributed by atoms with van der Waals surface area (Å²) in [4.78, 5) is 44.4. The molecule has 7 nitrogen and oxygen atoms in total. The maximum Gasteiger partial charge on any atom is 0.327 e. The average molecular weight is 387 g/mol. The minimum atomic E-state index is -1.50. The number of aliphatic hydroxyl groups is 1. The second-order valence-corrected chi connectivity index (χ2v) is 8.09. The van der Waals surface area contributed by atoms with Crippen LogP contribution in [0.3, 0.4) is 0 Å². The summed E-state index contributed by atoms with van der Waals surface area (Å²) in [5.41, 5.74) is -0.665. The van der Waals surface area contributed by atoms with Crippen LogP contribution in [0.25, 0.3) is 0 Å². The van der Waals surface area contributed by atoms with Crippen molar-refractivity contribution >= 4 is 18.2 Å². The number of amides is 3. The fraction of sp³-hybridized carbons (Fsp3) is 0.619. The minimum absolute atomic E-state index is 0.0251. The van der Waals surface area contributed by atoms with E-state index in [4.69, 9.17) is 0 Å². The Morgan fingerprint density at radius 1 is 1.36 bits per heavy atom. The average Bonchev–Trinajstić information content (AvgIpc) is 2.75. The van der Waals surface area contributed by atoms with Crippen LogP contribution >= 0.6 is 0 Å². The molecule has 2 heterocycles. The van der Waals surface area contributed by atoms with Crippen LogP contribution in [0.5, 0.6) is 0 Å². The van der Waals surface area contributed by atoms with Crippen molar-refractivity contribution in [3.63, 3.8) is 0 Å². The summed E-state index contributed by atoms with van der Waals surface area (Å²) in [6.45, 7) is 1.42. The van der Waals surface area contributed by atoms with E-state index in [0.29, 0.717) is 12.2 Å². The van der Waals surface area contributed by atoms with Gasteiger partial charge >= 0.3 is 6.03 Å². The lowest BCUT2D eigenvalue weighted by molar-refractivity contribution is -0.171. The molecule has 3 rings (SSSR count). The Kier molecular flexibility index (Phi) is 6.13. The molecule has 1 aromatic heterocycles. The van der Waals surface area contributed by atoms with Crippen molar-refractivity contribution < 1.29 is 19.5 Å². The van der Waals surface area contributed by atoms with Crippen LogP contribution in [0.15, 0.2) is 24.5 Å². The number of aromatic nitrogens is 1. The van der Waals surface area contributed by atoms with E-state index in [1.165, 1.54) is 6.42 Å². The van der Waals surface area contributed by atoms with E-state index >= 15 is 0 Å². The van der Waals surface area contributed by atoms with Gasteiger partial charge in [-0.15, -0.1) is 0 Å². The molecule has 0 bridgehead atoms. The quantitative estimate of drug-likeness (QED) is 0.596. The molecule has 152 valence electrons. The highest BCUT2D eigenvalue weighted by Crippen LogP contribution is 2.40. The van der Waals surface area contributed by atoms with Gasteiger partial charge in [0.05, 0.1) is 12.5 Å².